The number of benzene rings is 1. The molecule has 2 atom stereocenters. The lowest BCUT2D eigenvalue weighted by Gasteiger charge is -2.36. The number of imide groups is 1. The van der Waals surface area contributed by atoms with E-state index in [9.17, 15) is 9.59 Å². The van der Waals surface area contributed by atoms with E-state index in [0.717, 1.165) is 35.8 Å². The summed E-state index contributed by atoms with van der Waals surface area (Å²) in [5, 5.41) is 1.23. The minimum atomic E-state index is -0.475. The molecule has 112 valence electrons. The minimum Gasteiger partial charge on any atom is -0.289 e. The maximum Gasteiger partial charge on any atom is 0.255 e. The van der Waals surface area contributed by atoms with E-state index in [0.29, 0.717) is 6.42 Å². The summed E-state index contributed by atoms with van der Waals surface area (Å²) in [5.41, 5.74) is 3.25. The Morgan fingerprint density at radius 2 is 1.95 bits per heavy atom. The van der Waals surface area contributed by atoms with Crippen LogP contribution in [0, 0.1) is 11.3 Å². The van der Waals surface area contributed by atoms with Crippen molar-refractivity contribution in [3.63, 3.8) is 0 Å². The van der Waals surface area contributed by atoms with Crippen molar-refractivity contribution in [3.05, 3.63) is 28.7 Å². The van der Waals surface area contributed by atoms with Crippen molar-refractivity contribution in [1.82, 2.24) is 5.01 Å². The van der Waals surface area contributed by atoms with E-state index >= 15 is 0 Å². The topological polar surface area (TPSA) is 49.4 Å². The normalized spacial score (nSPS) is 29.2. The SMILES string of the molecule is CC1CCCCC12CC(=O)N(Nc1ccc(Br)cc1)C2=O. The van der Waals surface area contributed by atoms with Gasteiger partial charge < -0.3 is 0 Å². The summed E-state index contributed by atoms with van der Waals surface area (Å²) in [7, 11) is 0. The third-order valence-corrected chi connectivity index (χ3v) is 5.41. The summed E-state index contributed by atoms with van der Waals surface area (Å²) in [4.78, 5) is 25.1. The monoisotopic (exact) mass is 350 g/mol. The first-order valence-electron chi connectivity index (χ1n) is 7.42. The molecule has 0 aromatic heterocycles. The molecule has 2 amide bonds. The fourth-order valence-electron chi connectivity index (χ4n) is 3.52. The quantitative estimate of drug-likeness (QED) is 0.826. The summed E-state index contributed by atoms with van der Waals surface area (Å²) in [6.45, 7) is 2.10. The average molecular weight is 351 g/mol. The van der Waals surface area contributed by atoms with E-state index in [-0.39, 0.29) is 17.7 Å². The molecule has 21 heavy (non-hydrogen) atoms. The van der Waals surface area contributed by atoms with Crippen LogP contribution >= 0.6 is 15.9 Å². The number of hydrogen-bond donors (Lipinski definition) is 1. The van der Waals surface area contributed by atoms with Crippen molar-refractivity contribution in [3.8, 4) is 0 Å². The Hall–Kier alpha value is -1.36. The maximum atomic E-state index is 12.8. The first-order valence-corrected chi connectivity index (χ1v) is 8.22. The lowest BCUT2D eigenvalue weighted by molar-refractivity contribution is -0.142. The van der Waals surface area contributed by atoms with Gasteiger partial charge in [-0.1, -0.05) is 35.7 Å². The molecule has 3 rings (SSSR count). The van der Waals surface area contributed by atoms with Gasteiger partial charge in [-0.15, -0.1) is 0 Å². The van der Waals surface area contributed by atoms with Crippen LogP contribution in [0.1, 0.15) is 39.0 Å². The van der Waals surface area contributed by atoms with E-state index in [2.05, 4.69) is 28.3 Å². The van der Waals surface area contributed by atoms with Gasteiger partial charge in [0.05, 0.1) is 11.1 Å². The number of nitrogens with zero attached hydrogens (tertiary/aromatic N) is 1. The summed E-state index contributed by atoms with van der Waals surface area (Å²) < 4.78 is 0.962. The molecule has 1 aromatic carbocycles. The number of carbonyl (C=O) groups is 2. The Labute approximate surface area is 133 Å². The van der Waals surface area contributed by atoms with Crippen molar-refractivity contribution < 1.29 is 9.59 Å². The first-order chi connectivity index (χ1) is 10.0. The van der Waals surface area contributed by atoms with Crippen LogP contribution in [0.2, 0.25) is 0 Å². The fraction of sp³-hybridized carbons (Fsp3) is 0.500. The molecule has 1 saturated heterocycles. The van der Waals surface area contributed by atoms with E-state index in [1.165, 1.54) is 5.01 Å². The number of anilines is 1. The molecule has 0 radical (unpaired) electrons. The molecular weight excluding hydrogens is 332 g/mol. The molecule has 2 unspecified atom stereocenters. The molecule has 1 saturated carbocycles. The van der Waals surface area contributed by atoms with Gasteiger partial charge in [-0.2, -0.15) is 5.01 Å². The second-order valence-electron chi connectivity index (χ2n) is 6.13. The van der Waals surface area contributed by atoms with Crippen molar-refractivity contribution in [2.75, 3.05) is 5.43 Å². The number of hydrazine groups is 1. The van der Waals surface area contributed by atoms with Crippen molar-refractivity contribution in [2.24, 2.45) is 11.3 Å². The third-order valence-electron chi connectivity index (χ3n) is 4.88. The number of nitrogens with one attached hydrogen (secondary N) is 1. The van der Waals surface area contributed by atoms with Gasteiger partial charge in [0.2, 0.25) is 5.91 Å². The molecular formula is C16H19BrN2O2. The van der Waals surface area contributed by atoms with Crippen LogP contribution in [0.5, 0.6) is 0 Å². The van der Waals surface area contributed by atoms with E-state index in [4.69, 9.17) is 0 Å². The highest BCUT2D eigenvalue weighted by atomic mass is 79.9. The molecule has 1 N–H and O–H groups in total. The van der Waals surface area contributed by atoms with Crippen molar-refractivity contribution in [2.45, 2.75) is 39.0 Å². The van der Waals surface area contributed by atoms with Gasteiger partial charge in [0.25, 0.3) is 5.91 Å². The predicted molar refractivity (Wildman–Crippen MR) is 84.3 cm³/mol. The van der Waals surface area contributed by atoms with Crippen LogP contribution < -0.4 is 5.43 Å². The van der Waals surface area contributed by atoms with Gasteiger partial charge in [-0.25, -0.2) is 0 Å². The van der Waals surface area contributed by atoms with Gasteiger partial charge in [0, 0.05) is 10.9 Å². The second kappa shape index (κ2) is 5.44. The highest BCUT2D eigenvalue weighted by Crippen LogP contribution is 2.48. The molecule has 1 aliphatic carbocycles. The van der Waals surface area contributed by atoms with Crippen molar-refractivity contribution in [1.29, 1.82) is 0 Å². The zero-order valence-corrected chi connectivity index (χ0v) is 13.6. The summed E-state index contributed by atoms with van der Waals surface area (Å²) in [6, 6.07) is 7.46. The molecule has 2 aliphatic rings. The van der Waals surface area contributed by atoms with Crippen molar-refractivity contribution >= 4 is 33.4 Å². The van der Waals surface area contributed by atoms with Crippen LogP contribution in [0.25, 0.3) is 0 Å². The Kier molecular flexibility index (Phi) is 3.78. The number of amides is 2. The number of carbonyl (C=O) groups excluding carboxylic acids is 2. The summed E-state index contributed by atoms with van der Waals surface area (Å²) in [5.74, 6) is 0.110. The molecule has 1 spiro atoms. The Morgan fingerprint density at radius 1 is 1.24 bits per heavy atom. The molecule has 1 aliphatic heterocycles. The lowest BCUT2D eigenvalue weighted by Crippen LogP contribution is -2.43. The fourth-order valence-corrected chi connectivity index (χ4v) is 3.79. The zero-order chi connectivity index (χ0) is 15.0. The largest absolute Gasteiger partial charge is 0.289 e. The number of halogens is 1. The highest BCUT2D eigenvalue weighted by Gasteiger charge is 2.55. The maximum absolute atomic E-state index is 12.8. The number of rotatable bonds is 2. The molecule has 5 heteroatoms. The molecule has 2 fully saturated rings. The smallest absolute Gasteiger partial charge is 0.255 e. The van der Waals surface area contributed by atoms with Gasteiger partial charge >= 0.3 is 0 Å². The predicted octanol–water partition coefficient (Wildman–Crippen LogP) is 3.73. The molecule has 0 bridgehead atoms. The summed E-state index contributed by atoms with van der Waals surface area (Å²) in [6.07, 6.45) is 4.40. The Balaban J connectivity index is 1.82. The van der Waals surface area contributed by atoms with E-state index < -0.39 is 5.41 Å². The molecule has 1 heterocycles. The molecule has 4 nitrogen and oxygen atoms in total. The van der Waals surface area contributed by atoms with E-state index in [1.807, 2.05) is 24.3 Å². The summed E-state index contributed by atoms with van der Waals surface area (Å²) >= 11 is 3.37. The minimum absolute atomic E-state index is 0.0531. The number of hydrogen-bond acceptors (Lipinski definition) is 3. The van der Waals surface area contributed by atoms with Crippen LogP contribution in [-0.4, -0.2) is 16.8 Å². The van der Waals surface area contributed by atoms with Gasteiger partial charge in [-0.05, 0) is 43.0 Å². The average Bonchev–Trinajstić information content (AvgIpc) is 2.70. The zero-order valence-electron chi connectivity index (χ0n) is 12.1. The van der Waals surface area contributed by atoms with Gasteiger partial charge in [-0.3, -0.25) is 15.0 Å². The Bertz CT molecular complexity index is 572. The lowest BCUT2D eigenvalue weighted by atomic mass is 9.66. The third kappa shape index (κ3) is 2.48. The van der Waals surface area contributed by atoms with E-state index in [1.54, 1.807) is 0 Å². The van der Waals surface area contributed by atoms with Gasteiger partial charge in [0.1, 0.15) is 0 Å². The van der Waals surface area contributed by atoms with Crippen LogP contribution in [0.15, 0.2) is 28.7 Å². The second-order valence-corrected chi connectivity index (χ2v) is 7.05. The van der Waals surface area contributed by atoms with Crippen LogP contribution in [-0.2, 0) is 9.59 Å². The van der Waals surface area contributed by atoms with Crippen LogP contribution in [0.4, 0.5) is 5.69 Å². The van der Waals surface area contributed by atoms with Gasteiger partial charge in [0.15, 0.2) is 0 Å². The molecule has 1 aromatic rings. The Morgan fingerprint density at radius 3 is 2.62 bits per heavy atom. The highest BCUT2D eigenvalue weighted by molar-refractivity contribution is 9.10. The van der Waals surface area contributed by atoms with Crippen LogP contribution in [0.3, 0.4) is 0 Å². The first kappa shape index (κ1) is 14.6. The standard InChI is InChI=1S/C16H19BrN2O2/c1-11-4-2-3-9-16(11)10-14(20)19(15(16)21)18-13-7-5-12(17)6-8-13/h5-8,11,18H,2-4,9-10H2,1H3.